The number of H-pyrrole nitrogens is 1. The summed E-state index contributed by atoms with van der Waals surface area (Å²) in [5.41, 5.74) is 2.23. The van der Waals surface area contributed by atoms with E-state index in [2.05, 4.69) is 16.4 Å². The Kier molecular flexibility index (Phi) is 4.91. The first-order chi connectivity index (χ1) is 11.5. The molecule has 2 heterocycles. The molecule has 24 heavy (non-hydrogen) atoms. The average molecular weight is 349 g/mol. The molecule has 1 fully saturated rings. The Hall–Kier alpha value is -1.86. The van der Waals surface area contributed by atoms with E-state index in [9.17, 15) is 13.2 Å². The zero-order chi connectivity index (χ0) is 17.2. The van der Waals surface area contributed by atoms with Gasteiger partial charge in [-0.2, -0.15) is 4.31 Å². The van der Waals surface area contributed by atoms with Gasteiger partial charge in [0.15, 0.2) is 0 Å². The molecular formula is C17H23N3O3S. The van der Waals surface area contributed by atoms with Crippen molar-refractivity contribution in [3.05, 3.63) is 36.0 Å². The molecule has 1 amide bonds. The quantitative estimate of drug-likeness (QED) is 0.861. The topological polar surface area (TPSA) is 82.3 Å². The van der Waals surface area contributed by atoms with Crippen molar-refractivity contribution in [2.45, 2.75) is 31.7 Å². The number of carbonyl (C=O) groups excluding carboxylic acids is 1. The van der Waals surface area contributed by atoms with Gasteiger partial charge in [0, 0.05) is 30.2 Å². The third-order valence-electron chi connectivity index (χ3n) is 4.55. The van der Waals surface area contributed by atoms with Crippen LogP contribution >= 0.6 is 0 Å². The second-order valence-electron chi connectivity index (χ2n) is 6.29. The molecule has 0 bridgehead atoms. The Morgan fingerprint density at radius 3 is 2.92 bits per heavy atom. The fourth-order valence-electron chi connectivity index (χ4n) is 3.34. The van der Waals surface area contributed by atoms with Crippen molar-refractivity contribution in [2.75, 3.05) is 19.3 Å². The number of benzene rings is 1. The van der Waals surface area contributed by atoms with Gasteiger partial charge in [-0.15, -0.1) is 0 Å². The van der Waals surface area contributed by atoms with Crippen LogP contribution in [0.15, 0.2) is 30.5 Å². The first-order valence-electron chi connectivity index (χ1n) is 8.26. The summed E-state index contributed by atoms with van der Waals surface area (Å²) in [7, 11) is -3.35. The van der Waals surface area contributed by atoms with Crippen LogP contribution < -0.4 is 5.32 Å². The minimum atomic E-state index is -3.35. The molecule has 3 rings (SSSR count). The van der Waals surface area contributed by atoms with E-state index in [0.717, 1.165) is 29.3 Å². The molecule has 2 N–H and O–H groups in total. The monoisotopic (exact) mass is 349 g/mol. The predicted octanol–water partition coefficient (Wildman–Crippen LogP) is 1.64. The van der Waals surface area contributed by atoms with Crippen LogP contribution in [0.3, 0.4) is 0 Å². The largest absolute Gasteiger partial charge is 0.361 e. The van der Waals surface area contributed by atoms with Gasteiger partial charge in [0.2, 0.25) is 15.9 Å². The number of hydrogen-bond acceptors (Lipinski definition) is 3. The van der Waals surface area contributed by atoms with E-state index in [1.165, 1.54) is 10.6 Å². The zero-order valence-electron chi connectivity index (χ0n) is 13.8. The van der Waals surface area contributed by atoms with E-state index >= 15 is 0 Å². The number of nitrogens with one attached hydrogen (secondary N) is 2. The number of piperidine rings is 1. The van der Waals surface area contributed by atoms with E-state index in [1.807, 2.05) is 24.4 Å². The third kappa shape index (κ3) is 3.62. The van der Waals surface area contributed by atoms with Gasteiger partial charge in [0.25, 0.3) is 0 Å². The van der Waals surface area contributed by atoms with E-state index in [0.29, 0.717) is 25.9 Å². The van der Waals surface area contributed by atoms with Crippen molar-refractivity contribution in [2.24, 2.45) is 0 Å². The van der Waals surface area contributed by atoms with E-state index in [4.69, 9.17) is 0 Å². The maximum absolute atomic E-state index is 12.4. The predicted molar refractivity (Wildman–Crippen MR) is 94.2 cm³/mol. The lowest BCUT2D eigenvalue weighted by Gasteiger charge is -2.32. The van der Waals surface area contributed by atoms with E-state index < -0.39 is 16.1 Å². The Labute approximate surface area is 142 Å². The molecule has 0 radical (unpaired) electrons. The van der Waals surface area contributed by atoms with Gasteiger partial charge in [0.05, 0.1) is 6.26 Å². The van der Waals surface area contributed by atoms with Crippen LogP contribution in [-0.2, 0) is 21.2 Å². The van der Waals surface area contributed by atoms with E-state index in [-0.39, 0.29) is 5.91 Å². The molecule has 130 valence electrons. The number of aromatic nitrogens is 1. The number of sulfonamides is 1. The molecule has 1 aliphatic rings. The smallest absolute Gasteiger partial charge is 0.238 e. The molecule has 1 atom stereocenters. The fourth-order valence-corrected chi connectivity index (χ4v) is 4.46. The van der Waals surface area contributed by atoms with Gasteiger partial charge >= 0.3 is 0 Å². The third-order valence-corrected chi connectivity index (χ3v) is 5.84. The summed E-state index contributed by atoms with van der Waals surface area (Å²) in [6, 6.07) is 7.47. The first kappa shape index (κ1) is 17.0. The van der Waals surface area contributed by atoms with Gasteiger partial charge in [-0.25, -0.2) is 8.42 Å². The van der Waals surface area contributed by atoms with Crippen LogP contribution in [0.4, 0.5) is 0 Å². The molecular weight excluding hydrogens is 326 g/mol. The average Bonchev–Trinajstić information content (AvgIpc) is 2.97. The van der Waals surface area contributed by atoms with Gasteiger partial charge in [-0.3, -0.25) is 4.79 Å². The van der Waals surface area contributed by atoms with Gasteiger partial charge in [-0.1, -0.05) is 24.6 Å². The molecule has 1 aromatic carbocycles. The normalized spacial score (nSPS) is 19.5. The summed E-state index contributed by atoms with van der Waals surface area (Å²) >= 11 is 0. The van der Waals surface area contributed by atoms with Crippen molar-refractivity contribution < 1.29 is 13.2 Å². The SMILES string of the molecule is CS(=O)(=O)N1CCCCC1C(=O)NCCc1c[nH]c2ccccc12. The molecule has 7 heteroatoms. The standard InChI is InChI=1S/C17H23N3O3S/c1-24(22,23)20-11-5-4-8-16(20)17(21)18-10-9-13-12-19-15-7-3-2-6-14(13)15/h2-3,6-7,12,16,19H,4-5,8-11H2,1H3,(H,18,21). The van der Waals surface area contributed by atoms with Crippen LogP contribution in [-0.4, -0.2) is 49.0 Å². The number of fused-ring (bicyclic) bond motifs is 1. The maximum atomic E-state index is 12.4. The lowest BCUT2D eigenvalue weighted by molar-refractivity contribution is -0.125. The lowest BCUT2D eigenvalue weighted by Crippen LogP contribution is -2.51. The summed E-state index contributed by atoms with van der Waals surface area (Å²) in [6.45, 7) is 0.925. The Morgan fingerprint density at radius 1 is 1.33 bits per heavy atom. The van der Waals surface area contributed by atoms with Gasteiger partial charge < -0.3 is 10.3 Å². The molecule has 0 saturated carbocycles. The van der Waals surface area contributed by atoms with E-state index in [1.54, 1.807) is 0 Å². The molecule has 6 nitrogen and oxygen atoms in total. The number of nitrogens with zero attached hydrogens (tertiary/aromatic N) is 1. The first-order valence-corrected chi connectivity index (χ1v) is 10.1. The van der Waals surface area contributed by atoms with Crippen molar-refractivity contribution in [1.82, 2.24) is 14.6 Å². The van der Waals surface area contributed by atoms with Crippen molar-refractivity contribution in [3.8, 4) is 0 Å². The van der Waals surface area contributed by atoms with Crippen LogP contribution in [0.2, 0.25) is 0 Å². The summed E-state index contributed by atoms with van der Waals surface area (Å²) in [4.78, 5) is 15.6. The number of hydrogen-bond donors (Lipinski definition) is 2. The second kappa shape index (κ2) is 6.94. The molecule has 2 aromatic rings. The number of para-hydroxylation sites is 1. The summed E-state index contributed by atoms with van der Waals surface area (Å²) in [5, 5.41) is 4.05. The summed E-state index contributed by atoms with van der Waals surface area (Å²) < 4.78 is 25.0. The summed E-state index contributed by atoms with van der Waals surface area (Å²) in [6.07, 6.45) is 6.12. The Bertz CT molecular complexity index is 828. The molecule has 1 aromatic heterocycles. The van der Waals surface area contributed by atoms with Gasteiger partial charge in [0.1, 0.15) is 6.04 Å². The van der Waals surface area contributed by atoms with Crippen LogP contribution in [0.1, 0.15) is 24.8 Å². The van der Waals surface area contributed by atoms with Gasteiger partial charge in [-0.05, 0) is 30.9 Å². The molecule has 0 spiro atoms. The minimum Gasteiger partial charge on any atom is -0.361 e. The second-order valence-corrected chi connectivity index (χ2v) is 8.22. The number of carbonyl (C=O) groups is 1. The number of aromatic amines is 1. The van der Waals surface area contributed by atoms with Crippen LogP contribution in [0, 0.1) is 0 Å². The van der Waals surface area contributed by atoms with Crippen molar-refractivity contribution in [1.29, 1.82) is 0 Å². The molecule has 1 aliphatic heterocycles. The highest BCUT2D eigenvalue weighted by atomic mass is 32.2. The highest BCUT2D eigenvalue weighted by molar-refractivity contribution is 7.88. The highest BCUT2D eigenvalue weighted by Crippen LogP contribution is 2.20. The minimum absolute atomic E-state index is 0.194. The van der Waals surface area contributed by atoms with Crippen molar-refractivity contribution in [3.63, 3.8) is 0 Å². The Morgan fingerprint density at radius 2 is 2.12 bits per heavy atom. The molecule has 1 saturated heterocycles. The van der Waals surface area contributed by atoms with Crippen LogP contribution in [0.25, 0.3) is 10.9 Å². The zero-order valence-corrected chi connectivity index (χ0v) is 14.6. The lowest BCUT2D eigenvalue weighted by atomic mass is 10.0. The summed E-state index contributed by atoms with van der Waals surface area (Å²) in [5.74, 6) is -0.194. The molecule has 0 aliphatic carbocycles. The van der Waals surface area contributed by atoms with Crippen molar-refractivity contribution >= 4 is 26.8 Å². The number of rotatable bonds is 5. The molecule has 1 unspecified atom stereocenters. The Balaban J connectivity index is 1.60. The maximum Gasteiger partial charge on any atom is 0.238 e. The number of amides is 1. The fraction of sp³-hybridized carbons (Fsp3) is 0.471. The highest BCUT2D eigenvalue weighted by Gasteiger charge is 2.34. The van der Waals surface area contributed by atoms with Crippen LogP contribution in [0.5, 0.6) is 0 Å².